The van der Waals surface area contributed by atoms with Crippen molar-refractivity contribution >= 4 is 56.9 Å². The highest BCUT2D eigenvalue weighted by atomic mass is 79.9. The van der Waals surface area contributed by atoms with E-state index in [-0.39, 0.29) is 41.6 Å². The Morgan fingerprint density at radius 3 is 2.39 bits per heavy atom. The van der Waals surface area contributed by atoms with Gasteiger partial charge in [0, 0.05) is 41.1 Å². The van der Waals surface area contributed by atoms with Crippen molar-refractivity contribution in [1.29, 1.82) is 0 Å². The van der Waals surface area contributed by atoms with Gasteiger partial charge in [-0.2, -0.15) is 0 Å². The van der Waals surface area contributed by atoms with Gasteiger partial charge in [0.05, 0.1) is 35.8 Å². The maximum Gasteiger partial charge on any atom is 0.310 e. The van der Waals surface area contributed by atoms with E-state index in [1.165, 1.54) is 0 Å². The topological polar surface area (TPSA) is 90.4 Å². The average molecular weight is 685 g/mol. The molecule has 2 aromatic carbocycles. The molecule has 3 unspecified atom stereocenters. The third-order valence-corrected chi connectivity index (χ3v) is 12.5. The summed E-state index contributed by atoms with van der Waals surface area (Å²) in [6.45, 7) is 11.8. The largest absolute Gasteiger partial charge is 0.466 e. The van der Waals surface area contributed by atoms with Gasteiger partial charge in [-0.1, -0.05) is 52.3 Å². The molecule has 44 heavy (non-hydrogen) atoms. The molecule has 3 aliphatic rings. The van der Waals surface area contributed by atoms with Crippen molar-refractivity contribution in [2.45, 2.75) is 60.5 Å². The molecule has 236 valence electrons. The number of amides is 2. The maximum absolute atomic E-state index is 15.0. The summed E-state index contributed by atoms with van der Waals surface area (Å²) in [6, 6.07) is 16.0. The minimum Gasteiger partial charge on any atom is -0.466 e. The number of aliphatic hydroxyl groups is 1. The van der Waals surface area contributed by atoms with Gasteiger partial charge in [0.25, 0.3) is 5.91 Å². The third kappa shape index (κ3) is 5.58. The minimum atomic E-state index is -0.891. The zero-order valence-electron chi connectivity index (χ0n) is 25.6. The van der Waals surface area contributed by atoms with Gasteiger partial charge in [-0.05, 0) is 63.4 Å². The number of rotatable bonds is 13. The zero-order chi connectivity index (χ0) is 31.6. The van der Waals surface area contributed by atoms with E-state index in [1.807, 2.05) is 54.6 Å². The summed E-state index contributed by atoms with van der Waals surface area (Å²) >= 11 is 5.37. The molecule has 0 aromatic heterocycles. The number of hydrogen-bond donors (Lipinski definition) is 1. The molecule has 3 saturated heterocycles. The molecule has 3 heterocycles. The number of ether oxygens (including phenoxy) is 1. The van der Waals surface area contributed by atoms with Gasteiger partial charge in [-0.25, -0.2) is 0 Å². The minimum absolute atomic E-state index is 0.0656. The number of hydrogen-bond acceptors (Lipinski definition) is 7. The lowest BCUT2D eigenvalue weighted by Crippen LogP contribution is -2.58. The predicted octanol–water partition coefficient (Wildman–Crippen LogP) is 4.68. The van der Waals surface area contributed by atoms with Crippen LogP contribution in [-0.2, 0) is 25.5 Å². The van der Waals surface area contributed by atoms with Crippen LogP contribution in [-0.4, -0.2) is 87.5 Å². The monoisotopic (exact) mass is 683 g/mol. The molecule has 1 spiro atoms. The van der Waals surface area contributed by atoms with Crippen molar-refractivity contribution in [3.63, 3.8) is 0 Å². The fourth-order valence-electron chi connectivity index (χ4n) is 7.42. The molecule has 0 saturated carbocycles. The lowest BCUT2D eigenvalue weighted by atomic mass is 9.71. The Hall–Kier alpha value is -2.82. The van der Waals surface area contributed by atoms with Crippen molar-refractivity contribution in [3.05, 3.63) is 72.8 Å². The fourth-order valence-corrected chi connectivity index (χ4v) is 11.0. The van der Waals surface area contributed by atoms with Crippen LogP contribution in [0.2, 0.25) is 0 Å². The molecule has 10 heteroatoms. The van der Waals surface area contributed by atoms with Gasteiger partial charge >= 0.3 is 5.97 Å². The lowest BCUT2D eigenvalue weighted by molar-refractivity contribution is -0.154. The van der Waals surface area contributed by atoms with Crippen LogP contribution < -0.4 is 9.80 Å². The number of aliphatic hydroxyl groups excluding tert-OH is 1. The summed E-state index contributed by atoms with van der Waals surface area (Å²) in [5, 5.41) is 10.6. The van der Waals surface area contributed by atoms with Gasteiger partial charge in [-0.15, -0.1) is 18.3 Å². The lowest BCUT2D eigenvalue weighted by Gasteiger charge is -2.40. The van der Waals surface area contributed by atoms with Crippen LogP contribution in [0.15, 0.2) is 67.3 Å². The van der Waals surface area contributed by atoms with E-state index in [2.05, 4.69) is 41.3 Å². The third-order valence-electron chi connectivity index (χ3n) is 9.31. The molecule has 0 radical (unpaired) electrons. The van der Waals surface area contributed by atoms with E-state index < -0.39 is 34.6 Å². The summed E-state index contributed by atoms with van der Waals surface area (Å²) in [4.78, 5) is 48.4. The second-order valence-corrected chi connectivity index (χ2v) is 14.3. The second kappa shape index (κ2) is 13.7. The number of likely N-dealkylation sites (tertiary alicyclic amines) is 1. The summed E-state index contributed by atoms with van der Waals surface area (Å²) in [6.07, 6.45) is 2.62. The zero-order valence-corrected chi connectivity index (χ0v) is 28.0. The molecule has 8 nitrogen and oxygen atoms in total. The molecule has 0 aliphatic carbocycles. The number of halogens is 1. The molecule has 2 aromatic rings. The van der Waals surface area contributed by atoms with Gasteiger partial charge < -0.3 is 24.5 Å². The quantitative estimate of drug-likeness (QED) is 0.186. The first-order valence-corrected chi connectivity index (χ1v) is 17.3. The molecule has 2 amide bonds. The number of carbonyl (C=O) groups is 3. The predicted molar refractivity (Wildman–Crippen MR) is 179 cm³/mol. The van der Waals surface area contributed by atoms with Crippen molar-refractivity contribution < 1.29 is 24.2 Å². The average Bonchev–Trinajstić information content (AvgIpc) is 3.63. The number of fused-ring (bicyclic) bond motifs is 1. The first kappa shape index (κ1) is 32.6. The summed E-state index contributed by atoms with van der Waals surface area (Å²) in [5.41, 5.74) is 2.72. The molecule has 1 N–H and O–H groups in total. The van der Waals surface area contributed by atoms with E-state index >= 15 is 0 Å². The van der Waals surface area contributed by atoms with E-state index in [0.29, 0.717) is 18.5 Å². The van der Waals surface area contributed by atoms with Crippen LogP contribution in [0.25, 0.3) is 0 Å². The molecule has 5 rings (SSSR count). The van der Waals surface area contributed by atoms with E-state index in [1.54, 1.807) is 34.6 Å². The Kier molecular flexibility index (Phi) is 10.1. The first-order valence-electron chi connectivity index (χ1n) is 15.5. The van der Waals surface area contributed by atoms with Crippen LogP contribution in [0.3, 0.4) is 0 Å². The SMILES string of the molecule is C=CCN(C(=O)C1N([C@@H](CO)Cc2ccccc2)C(=O)[C@@H]2[C@H](C(=O)OCC)[C@H]3SC12CC3Br)c1ccc(N(CC)CC)cc1. The van der Waals surface area contributed by atoms with E-state index in [9.17, 15) is 19.5 Å². The van der Waals surface area contributed by atoms with Gasteiger partial charge in [0.15, 0.2) is 0 Å². The number of alkyl halides is 1. The molecule has 2 bridgehead atoms. The van der Waals surface area contributed by atoms with Gasteiger partial charge in [-0.3, -0.25) is 14.4 Å². The standard InChI is InChI=1S/C34H42BrN3O5S/c1-5-18-37(24-16-14-23(15-17-24)36(6-2)7-3)32(41)30-34-20-26(35)29(44-34)27(33(42)43-8-4)28(34)31(40)38(30)25(21-39)19-22-12-10-9-11-13-22/h5,9-17,25-30,39H,1,6-8,18-21H2,2-4H3/t25-,26?,27+,28+,29+,30?,34?/m1/s1. The molecule has 7 atom stereocenters. The van der Waals surface area contributed by atoms with Crippen molar-refractivity contribution in [1.82, 2.24) is 4.90 Å². The van der Waals surface area contributed by atoms with Crippen LogP contribution in [0.1, 0.15) is 32.8 Å². The Morgan fingerprint density at radius 2 is 1.80 bits per heavy atom. The summed E-state index contributed by atoms with van der Waals surface area (Å²) in [5.74, 6) is -2.30. The number of anilines is 2. The Labute approximate surface area is 272 Å². The maximum atomic E-state index is 15.0. The highest BCUT2D eigenvalue weighted by Crippen LogP contribution is 2.68. The van der Waals surface area contributed by atoms with Crippen molar-refractivity contribution in [3.8, 4) is 0 Å². The molecular formula is C34H42BrN3O5S. The van der Waals surface area contributed by atoms with E-state index in [0.717, 1.165) is 24.3 Å². The summed E-state index contributed by atoms with van der Waals surface area (Å²) < 4.78 is 4.64. The van der Waals surface area contributed by atoms with E-state index in [4.69, 9.17) is 4.74 Å². The number of nitrogens with zero attached hydrogens (tertiary/aromatic N) is 3. The Morgan fingerprint density at radius 1 is 1.14 bits per heavy atom. The first-order chi connectivity index (χ1) is 21.3. The van der Waals surface area contributed by atoms with Crippen LogP contribution in [0.4, 0.5) is 11.4 Å². The van der Waals surface area contributed by atoms with Crippen LogP contribution in [0, 0.1) is 11.8 Å². The van der Waals surface area contributed by atoms with Crippen molar-refractivity contribution in [2.75, 3.05) is 42.6 Å². The van der Waals surface area contributed by atoms with Crippen LogP contribution >= 0.6 is 27.7 Å². The molecule has 3 aliphatic heterocycles. The smallest absolute Gasteiger partial charge is 0.310 e. The second-order valence-electron chi connectivity index (χ2n) is 11.6. The number of esters is 1. The highest BCUT2D eigenvalue weighted by Gasteiger charge is 2.76. The summed E-state index contributed by atoms with van der Waals surface area (Å²) in [7, 11) is 0. The number of benzene rings is 2. The van der Waals surface area contributed by atoms with Gasteiger partial charge in [0.2, 0.25) is 5.91 Å². The van der Waals surface area contributed by atoms with Crippen LogP contribution in [0.5, 0.6) is 0 Å². The van der Waals surface area contributed by atoms with Gasteiger partial charge in [0.1, 0.15) is 6.04 Å². The van der Waals surface area contributed by atoms with Crippen molar-refractivity contribution in [2.24, 2.45) is 11.8 Å². The Bertz CT molecular complexity index is 1360. The normalized spacial score (nSPS) is 27.6. The molecular weight excluding hydrogens is 642 g/mol. The highest BCUT2D eigenvalue weighted by molar-refractivity contribution is 9.09. The molecule has 3 fully saturated rings. The number of thioether (sulfide) groups is 1. The number of carbonyl (C=O) groups excluding carboxylic acids is 3. The Balaban J connectivity index is 1.59. The fraction of sp³-hybridized carbons (Fsp3) is 0.500.